The molecule has 0 saturated carbocycles. The zero-order valence-electron chi connectivity index (χ0n) is 21.6. The first-order chi connectivity index (χ1) is 17.9. The lowest BCUT2D eigenvalue weighted by atomic mass is 9.87. The standard InChI is InChI=1S/C29H30N2O6S/c1-29(2,3)23-10-12-24(13-11-23)37-28-17-7-21(20-26(28)31(33)34)6-16-27(32)22-8-14-25(15-9-22)38(35,36)30-18-4-5-19-30/h6-17,20H,4-5,18-19H2,1-3H3. The van der Waals surface area contributed by atoms with Crippen LogP contribution in [0.15, 0.2) is 77.7 Å². The minimum Gasteiger partial charge on any atom is -0.450 e. The number of ether oxygens (including phenoxy) is 1. The minimum absolute atomic E-state index is 0.0245. The third-order valence-electron chi connectivity index (χ3n) is 6.40. The van der Waals surface area contributed by atoms with E-state index in [0.29, 0.717) is 30.0 Å². The van der Waals surface area contributed by atoms with Gasteiger partial charge in [0.15, 0.2) is 5.78 Å². The summed E-state index contributed by atoms with van der Waals surface area (Å²) in [5, 5.41) is 11.7. The molecule has 0 N–H and O–H groups in total. The molecule has 1 fully saturated rings. The van der Waals surface area contributed by atoms with Crippen LogP contribution in [0.5, 0.6) is 11.5 Å². The van der Waals surface area contributed by atoms with Crippen LogP contribution in [0.4, 0.5) is 5.69 Å². The lowest BCUT2D eigenvalue weighted by molar-refractivity contribution is -0.385. The Hall–Kier alpha value is -3.82. The molecule has 0 aromatic heterocycles. The van der Waals surface area contributed by atoms with Crippen molar-refractivity contribution in [2.45, 2.75) is 43.9 Å². The number of ketones is 1. The largest absolute Gasteiger partial charge is 0.450 e. The minimum atomic E-state index is -3.56. The molecular formula is C29H30N2O6S. The number of nitro groups is 1. The summed E-state index contributed by atoms with van der Waals surface area (Å²) in [5.74, 6) is 0.226. The number of sulfonamides is 1. The van der Waals surface area contributed by atoms with Gasteiger partial charge in [-0.05, 0) is 77.9 Å². The van der Waals surface area contributed by atoms with Gasteiger partial charge in [0.1, 0.15) is 5.75 Å². The highest BCUT2D eigenvalue weighted by molar-refractivity contribution is 7.89. The van der Waals surface area contributed by atoms with Crippen LogP contribution in [0.25, 0.3) is 6.08 Å². The molecule has 0 atom stereocenters. The maximum atomic E-state index is 12.7. The van der Waals surface area contributed by atoms with Gasteiger partial charge in [-0.3, -0.25) is 14.9 Å². The summed E-state index contributed by atoms with van der Waals surface area (Å²) >= 11 is 0. The molecule has 8 nitrogen and oxygen atoms in total. The third-order valence-corrected chi connectivity index (χ3v) is 8.31. The van der Waals surface area contributed by atoms with E-state index in [1.54, 1.807) is 18.2 Å². The van der Waals surface area contributed by atoms with Gasteiger partial charge in [-0.15, -0.1) is 0 Å². The Morgan fingerprint density at radius 3 is 2.18 bits per heavy atom. The fraction of sp³-hybridized carbons (Fsp3) is 0.276. The number of nitro benzene ring substituents is 1. The van der Waals surface area contributed by atoms with Crippen LogP contribution in [0.1, 0.15) is 55.1 Å². The summed E-state index contributed by atoms with van der Waals surface area (Å²) in [6.45, 7) is 7.30. The van der Waals surface area contributed by atoms with Crippen LogP contribution < -0.4 is 4.74 Å². The Morgan fingerprint density at radius 2 is 1.61 bits per heavy atom. The van der Waals surface area contributed by atoms with Crippen molar-refractivity contribution in [1.29, 1.82) is 0 Å². The summed E-state index contributed by atoms with van der Waals surface area (Å²) in [6, 6.07) is 17.7. The highest BCUT2D eigenvalue weighted by Gasteiger charge is 2.27. The van der Waals surface area contributed by atoms with Crippen LogP contribution in [0.2, 0.25) is 0 Å². The average molecular weight is 535 g/mol. The Kier molecular flexibility index (Phi) is 7.80. The van der Waals surface area contributed by atoms with Crippen LogP contribution in [0.3, 0.4) is 0 Å². The fourth-order valence-electron chi connectivity index (χ4n) is 4.15. The van der Waals surface area contributed by atoms with E-state index in [-0.39, 0.29) is 27.5 Å². The van der Waals surface area contributed by atoms with Crippen molar-refractivity contribution in [3.05, 3.63) is 99.6 Å². The highest BCUT2D eigenvalue weighted by atomic mass is 32.2. The van der Waals surface area contributed by atoms with E-state index < -0.39 is 14.9 Å². The van der Waals surface area contributed by atoms with Crippen molar-refractivity contribution >= 4 is 27.6 Å². The molecule has 0 aliphatic carbocycles. The topological polar surface area (TPSA) is 107 Å². The zero-order chi connectivity index (χ0) is 27.5. The van der Waals surface area contributed by atoms with Gasteiger partial charge < -0.3 is 4.74 Å². The van der Waals surface area contributed by atoms with Crippen LogP contribution in [-0.4, -0.2) is 36.5 Å². The number of allylic oxidation sites excluding steroid dienone is 1. The van der Waals surface area contributed by atoms with Crippen molar-refractivity contribution in [2.24, 2.45) is 0 Å². The molecule has 0 amide bonds. The Labute approximate surface area is 222 Å². The number of carbonyl (C=O) groups excluding carboxylic acids is 1. The smallest absolute Gasteiger partial charge is 0.312 e. The van der Waals surface area contributed by atoms with E-state index in [2.05, 4.69) is 20.8 Å². The van der Waals surface area contributed by atoms with Gasteiger partial charge >= 0.3 is 5.69 Å². The summed E-state index contributed by atoms with van der Waals surface area (Å²) in [7, 11) is -3.56. The van der Waals surface area contributed by atoms with E-state index in [4.69, 9.17) is 4.74 Å². The predicted molar refractivity (Wildman–Crippen MR) is 146 cm³/mol. The van der Waals surface area contributed by atoms with Gasteiger partial charge in [0.2, 0.25) is 15.8 Å². The van der Waals surface area contributed by atoms with Gasteiger partial charge in [0, 0.05) is 24.7 Å². The normalized spacial score (nSPS) is 14.6. The van der Waals surface area contributed by atoms with Gasteiger partial charge in [-0.25, -0.2) is 8.42 Å². The Morgan fingerprint density at radius 1 is 0.974 bits per heavy atom. The molecule has 198 valence electrons. The maximum Gasteiger partial charge on any atom is 0.312 e. The Bertz CT molecular complexity index is 1460. The van der Waals surface area contributed by atoms with Gasteiger partial charge in [-0.2, -0.15) is 4.31 Å². The molecule has 0 radical (unpaired) electrons. The predicted octanol–water partition coefficient (Wildman–Crippen LogP) is 6.37. The van der Waals surface area contributed by atoms with E-state index in [0.717, 1.165) is 18.4 Å². The summed E-state index contributed by atoms with van der Waals surface area (Å²) in [5.41, 5.74) is 1.63. The molecule has 4 rings (SSSR count). The highest BCUT2D eigenvalue weighted by Crippen LogP contribution is 2.33. The first kappa shape index (κ1) is 27.2. The fourth-order valence-corrected chi connectivity index (χ4v) is 5.67. The first-order valence-electron chi connectivity index (χ1n) is 12.3. The number of carbonyl (C=O) groups is 1. The zero-order valence-corrected chi connectivity index (χ0v) is 22.4. The SMILES string of the molecule is CC(C)(C)c1ccc(Oc2ccc(C=CC(=O)c3ccc(S(=O)(=O)N4CCCC4)cc3)cc2[N+](=O)[O-])cc1. The molecule has 1 aliphatic rings. The number of nitrogens with zero attached hydrogens (tertiary/aromatic N) is 2. The molecule has 38 heavy (non-hydrogen) atoms. The number of rotatable bonds is 8. The van der Waals surface area contributed by atoms with Crippen LogP contribution in [0, 0.1) is 10.1 Å². The van der Waals surface area contributed by atoms with Gasteiger partial charge in [-0.1, -0.05) is 45.0 Å². The molecule has 0 bridgehead atoms. The summed E-state index contributed by atoms with van der Waals surface area (Å²) < 4.78 is 32.6. The molecule has 1 saturated heterocycles. The Balaban J connectivity index is 1.47. The van der Waals surface area contributed by atoms with E-state index in [9.17, 15) is 23.3 Å². The van der Waals surface area contributed by atoms with Crippen molar-refractivity contribution in [3.63, 3.8) is 0 Å². The number of hydrogen-bond acceptors (Lipinski definition) is 6. The maximum absolute atomic E-state index is 12.7. The molecule has 9 heteroatoms. The molecule has 1 aliphatic heterocycles. The van der Waals surface area contributed by atoms with Crippen LogP contribution in [-0.2, 0) is 15.4 Å². The molecular weight excluding hydrogens is 504 g/mol. The van der Waals surface area contributed by atoms with E-state index in [1.807, 2.05) is 12.1 Å². The molecule has 0 unspecified atom stereocenters. The quantitative estimate of drug-likeness (QED) is 0.144. The van der Waals surface area contributed by atoms with Crippen molar-refractivity contribution in [2.75, 3.05) is 13.1 Å². The molecule has 1 heterocycles. The van der Waals surface area contributed by atoms with Gasteiger partial charge in [0.25, 0.3) is 0 Å². The van der Waals surface area contributed by atoms with Crippen LogP contribution >= 0.6 is 0 Å². The van der Waals surface area contributed by atoms with Gasteiger partial charge in [0.05, 0.1) is 9.82 Å². The lowest BCUT2D eigenvalue weighted by Gasteiger charge is -2.19. The second-order valence-corrected chi connectivity index (χ2v) is 12.1. The lowest BCUT2D eigenvalue weighted by Crippen LogP contribution is -2.27. The van der Waals surface area contributed by atoms with Crippen molar-refractivity contribution in [3.8, 4) is 11.5 Å². The number of hydrogen-bond donors (Lipinski definition) is 0. The second kappa shape index (κ2) is 10.9. The molecule has 3 aromatic carbocycles. The van der Waals surface area contributed by atoms with Crippen molar-refractivity contribution < 1.29 is 22.9 Å². The monoisotopic (exact) mass is 534 g/mol. The molecule has 0 spiro atoms. The second-order valence-electron chi connectivity index (χ2n) is 10.2. The third kappa shape index (κ3) is 6.17. The van der Waals surface area contributed by atoms with Crippen molar-refractivity contribution in [1.82, 2.24) is 4.31 Å². The average Bonchev–Trinajstić information content (AvgIpc) is 3.44. The van der Waals surface area contributed by atoms with E-state index >= 15 is 0 Å². The molecule has 3 aromatic rings. The van der Waals surface area contributed by atoms with E-state index in [1.165, 1.54) is 52.9 Å². The number of benzene rings is 3. The summed E-state index contributed by atoms with van der Waals surface area (Å²) in [6.07, 6.45) is 4.47. The summed E-state index contributed by atoms with van der Waals surface area (Å²) in [4.78, 5) is 24.0. The first-order valence-corrected chi connectivity index (χ1v) is 13.8.